The molecule has 1 aliphatic rings. The van der Waals surface area contributed by atoms with Gasteiger partial charge in [0.2, 0.25) is 15.9 Å². The summed E-state index contributed by atoms with van der Waals surface area (Å²) in [5.41, 5.74) is 0.973. The molecule has 0 radical (unpaired) electrons. The Kier molecular flexibility index (Phi) is 3.91. The van der Waals surface area contributed by atoms with Crippen molar-refractivity contribution in [3.05, 3.63) is 17.7 Å². The highest BCUT2D eigenvalue weighted by Crippen LogP contribution is 2.14. The molecule has 0 unspecified atom stereocenters. The lowest BCUT2D eigenvalue weighted by molar-refractivity contribution is -0.120. The third kappa shape index (κ3) is 4.03. The zero-order valence-electron chi connectivity index (χ0n) is 11.0. The molecule has 1 aromatic heterocycles. The lowest BCUT2D eigenvalue weighted by atomic mass is 10.1. The minimum absolute atomic E-state index is 0.0231. The molecule has 0 aliphatic carbocycles. The van der Waals surface area contributed by atoms with E-state index in [-0.39, 0.29) is 18.5 Å². The van der Waals surface area contributed by atoms with Crippen molar-refractivity contribution in [1.82, 2.24) is 19.6 Å². The molecule has 0 bridgehead atoms. The summed E-state index contributed by atoms with van der Waals surface area (Å²) in [6.45, 7) is 2.40. The molecular formula is C11H18N4O3S. The maximum atomic E-state index is 11.6. The van der Waals surface area contributed by atoms with E-state index in [1.165, 1.54) is 0 Å². The second kappa shape index (κ2) is 5.30. The number of nitrogens with one attached hydrogen (secondary N) is 2. The Morgan fingerprint density at radius 3 is 3.00 bits per heavy atom. The van der Waals surface area contributed by atoms with Crippen molar-refractivity contribution in [3.8, 4) is 0 Å². The summed E-state index contributed by atoms with van der Waals surface area (Å²) in [4.78, 5) is 16.0. The van der Waals surface area contributed by atoms with Crippen molar-refractivity contribution < 1.29 is 13.2 Å². The maximum Gasteiger partial charge on any atom is 0.235 e. The van der Waals surface area contributed by atoms with Gasteiger partial charge in [0.25, 0.3) is 0 Å². The van der Waals surface area contributed by atoms with Gasteiger partial charge in [-0.2, -0.15) is 0 Å². The Balaban J connectivity index is 1.86. The fourth-order valence-corrected chi connectivity index (χ4v) is 2.57. The van der Waals surface area contributed by atoms with Crippen molar-refractivity contribution >= 4 is 15.9 Å². The molecule has 0 fully saturated rings. The Bertz CT molecular complexity index is 579. The molecule has 2 rings (SSSR count). The quantitative estimate of drug-likeness (QED) is 0.755. The van der Waals surface area contributed by atoms with E-state index in [9.17, 15) is 13.2 Å². The fourth-order valence-electron chi connectivity index (χ4n) is 2.18. The number of sulfonamides is 1. The van der Waals surface area contributed by atoms with Crippen molar-refractivity contribution in [2.45, 2.75) is 32.4 Å². The number of aryl methyl sites for hydroxylation is 2. The number of rotatable bonds is 4. The lowest BCUT2D eigenvalue weighted by Gasteiger charge is -2.24. The third-order valence-corrected chi connectivity index (χ3v) is 3.64. The summed E-state index contributed by atoms with van der Waals surface area (Å²) < 4.78 is 26.0. The zero-order chi connectivity index (χ0) is 14.0. The summed E-state index contributed by atoms with van der Waals surface area (Å²) in [6, 6.07) is 0.0231. The van der Waals surface area contributed by atoms with E-state index >= 15 is 0 Å². The lowest BCUT2D eigenvalue weighted by Crippen LogP contribution is -2.45. The number of hydrogen-bond acceptors (Lipinski definition) is 4. The molecule has 7 nitrogen and oxygen atoms in total. The molecule has 2 N–H and O–H groups in total. The molecule has 1 aromatic rings. The van der Waals surface area contributed by atoms with Crippen molar-refractivity contribution in [1.29, 1.82) is 0 Å². The van der Waals surface area contributed by atoms with Crippen LogP contribution in [-0.4, -0.2) is 42.7 Å². The van der Waals surface area contributed by atoms with E-state index in [4.69, 9.17) is 0 Å². The van der Waals surface area contributed by atoms with Gasteiger partial charge in [-0.15, -0.1) is 0 Å². The molecule has 1 atom stereocenters. The molecule has 0 saturated heterocycles. The molecule has 1 aliphatic heterocycles. The van der Waals surface area contributed by atoms with E-state index in [0.29, 0.717) is 6.54 Å². The molecular weight excluding hydrogens is 268 g/mol. The number of amides is 1. The average Bonchev–Trinajstić information content (AvgIpc) is 2.65. The van der Waals surface area contributed by atoms with Crippen molar-refractivity contribution in [3.63, 3.8) is 0 Å². The maximum absolute atomic E-state index is 11.6. The Labute approximate surface area is 112 Å². The number of carbonyl (C=O) groups excluding carboxylic acids is 1. The first-order chi connectivity index (χ1) is 8.83. The number of hydrogen-bond donors (Lipinski definition) is 2. The van der Waals surface area contributed by atoms with E-state index in [1.54, 1.807) is 0 Å². The standard InChI is InChI=1S/C11H18N4O3S/c1-8-6-15-7-9(3-4-10(15)13-8)14-11(16)5-12-19(2,17)18/h6,9,12H,3-5,7H2,1-2H3,(H,14,16)/t9-/m1/s1. The first-order valence-corrected chi connectivity index (χ1v) is 7.99. The van der Waals surface area contributed by atoms with E-state index in [0.717, 1.165) is 30.6 Å². The summed E-state index contributed by atoms with van der Waals surface area (Å²) in [7, 11) is -3.33. The minimum Gasteiger partial charge on any atom is -0.350 e. The number of nitrogens with zero attached hydrogens (tertiary/aromatic N) is 2. The van der Waals surface area contributed by atoms with Crippen LogP contribution in [0.1, 0.15) is 17.9 Å². The summed E-state index contributed by atoms with van der Waals surface area (Å²) >= 11 is 0. The molecule has 106 valence electrons. The Hall–Kier alpha value is -1.41. The van der Waals surface area contributed by atoms with Crippen LogP contribution in [-0.2, 0) is 27.8 Å². The average molecular weight is 286 g/mol. The van der Waals surface area contributed by atoms with E-state index < -0.39 is 10.0 Å². The second-order valence-corrected chi connectivity index (χ2v) is 6.68. The fraction of sp³-hybridized carbons (Fsp3) is 0.636. The summed E-state index contributed by atoms with van der Waals surface area (Å²) in [5, 5.41) is 2.83. The molecule has 0 saturated carbocycles. The number of fused-ring (bicyclic) bond motifs is 1. The van der Waals surface area contributed by atoms with Crippen LogP contribution in [0.4, 0.5) is 0 Å². The highest BCUT2D eigenvalue weighted by atomic mass is 32.2. The largest absolute Gasteiger partial charge is 0.350 e. The topological polar surface area (TPSA) is 93.1 Å². The van der Waals surface area contributed by atoms with Crippen LogP contribution in [0, 0.1) is 6.92 Å². The van der Waals surface area contributed by atoms with Gasteiger partial charge in [-0.05, 0) is 13.3 Å². The highest BCUT2D eigenvalue weighted by molar-refractivity contribution is 7.88. The van der Waals surface area contributed by atoms with Crippen LogP contribution < -0.4 is 10.0 Å². The van der Waals surface area contributed by atoms with Crippen molar-refractivity contribution in [2.75, 3.05) is 12.8 Å². The number of carbonyl (C=O) groups is 1. The number of aromatic nitrogens is 2. The SMILES string of the molecule is Cc1cn2c(n1)CC[C@@H](NC(=O)CNS(C)(=O)=O)C2. The highest BCUT2D eigenvalue weighted by Gasteiger charge is 2.21. The van der Waals surface area contributed by atoms with Gasteiger partial charge >= 0.3 is 0 Å². The molecule has 0 aromatic carbocycles. The van der Waals surface area contributed by atoms with Gasteiger partial charge in [0.1, 0.15) is 5.82 Å². The van der Waals surface area contributed by atoms with Gasteiger partial charge in [-0.1, -0.05) is 0 Å². The van der Waals surface area contributed by atoms with Gasteiger partial charge < -0.3 is 9.88 Å². The molecule has 1 amide bonds. The van der Waals surface area contributed by atoms with Gasteiger partial charge in [0.15, 0.2) is 0 Å². The predicted molar refractivity (Wildman–Crippen MR) is 70.1 cm³/mol. The van der Waals surface area contributed by atoms with Gasteiger partial charge in [0.05, 0.1) is 18.5 Å². The van der Waals surface area contributed by atoms with Crippen LogP contribution >= 0.6 is 0 Å². The molecule has 8 heteroatoms. The van der Waals surface area contributed by atoms with Crippen LogP contribution in [0.5, 0.6) is 0 Å². The van der Waals surface area contributed by atoms with E-state index in [2.05, 4.69) is 15.0 Å². The first kappa shape index (κ1) is 14.0. The van der Waals surface area contributed by atoms with Crippen LogP contribution in [0.15, 0.2) is 6.20 Å². The van der Waals surface area contributed by atoms with Gasteiger partial charge in [0, 0.05) is 25.2 Å². The third-order valence-electron chi connectivity index (χ3n) is 2.97. The molecule has 0 spiro atoms. The van der Waals surface area contributed by atoms with E-state index in [1.807, 2.05) is 17.7 Å². The van der Waals surface area contributed by atoms with Crippen LogP contribution in [0.25, 0.3) is 0 Å². The first-order valence-electron chi connectivity index (χ1n) is 6.10. The monoisotopic (exact) mass is 286 g/mol. The Morgan fingerprint density at radius 1 is 1.58 bits per heavy atom. The zero-order valence-corrected chi connectivity index (χ0v) is 11.8. The van der Waals surface area contributed by atoms with Crippen molar-refractivity contribution in [2.24, 2.45) is 0 Å². The van der Waals surface area contributed by atoms with Gasteiger partial charge in [-0.3, -0.25) is 4.79 Å². The van der Waals surface area contributed by atoms with Crippen LogP contribution in [0.3, 0.4) is 0 Å². The number of imidazole rings is 1. The Morgan fingerprint density at radius 2 is 2.32 bits per heavy atom. The summed E-state index contributed by atoms with van der Waals surface area (Å²) in [5.74, 6) is 0.730. The minimum atomic E-state index is -3.33. The smallest absolute Gasteiger partial charge is 0.235 e. The van der Waals surface area contributed by atoms with Crippen LogP contribution in [0.2, 0.25) is 0 Å². The molecule has 2 heterocycles. The second-order valence-electron chi connectivity index (χ2n) is 4.85. The summed E-state index contributed by atoms with van der Waals surface area (Å²) in [6.07, 6.45) is 4.63. The van der Waals surface area contributed by atoms with Gasteiger partial charge in [-0.25, -0.2) is 18.1 Å². The predicted octanol–water partition coefficient (Wildman–Crippen LogP) is -0.828. The normalized spacial score (nSPS) is 18.9. The molecule has 19 heavy (non-hydrogen) atoms.